The van der Waals surface area contributed by atoms with E-state index in [1.54, 1.807) is 13.4 Å². The summed E-state index contributed by atoms with van der Waals surface area (Å²) in [7, 11) is 1.72. The molecule has 1 aromatic carbocycles. The first kappa shape index (κ1) is 25.4. The lowest BCUT2D eigenvalue weighted by molar-refractivity contribution is -0.182. The Balaban J connectivity index is 0.00000210. The first-order valence-electron chi connectivity index (χ1n) is 9.41. The number of nitrogens with two attached hydrogens (primary N) is 1. The zero-order valence-electron chi connectivity index (χ0n) is 17.4. The fourth-order valence-corrected chi connectivity index (χ4v) is 3.71. The number of hydrogen-bond acceptors (Lipinski definition) is 4. The highest BCUT2D eigenvalue weighted by molar-refractivity contribution is 5.85. The lowest BCUT2D eigenvalue weighted by Crippen LogP contribution is -2.69. The van der Waals surface area contributed by atoms with Crippen LogP contribution in [0.15, 0.2) is 42.9 Å². The van der Waals surface area contributed by atoms with Crippen LogP contribution in [0, 0.1) is 5.41 Å². The van der Waals surface area contributed by atoms with Crippen molar-refractivity contribution in [1.82, 2.24) is 14.9 Å². The Labute approximate surface area is 185 Å². The zero-order chi connectivity index (χ0) is 19.7. The monoisotopic (exact) mass is 442 g/mol. The van der Waals surface area contributed by atoms with Crippen molar-refractivity contribution in [3.63, 3.8) is 0 Å². The second-order valence-corrected chi connectivity index (χ2v) is 8.26. The van der Waals surface area contributed by atoms with Gasteiger partial charge in [0.1, 0.15) is 0 Å². The molecule has 3 N–H and O–H groups in total. The molecule has 8 heteroatoms. The van der Waals surface area contributed by atoms with Crippen molar-refractivity contribution < 1.29 is 9.53 Å². The van der Waals surface area contributed by atoms with Gasteiger partial charge < -0.3 is 20.4 Å². The first-order valence-corrected chi connectivity index (χ1v) is 9.41. The molecule has 1 aliphatic rings. The summed E-state index contributed by atoms with van der Waals surface area (Å²) < 4.78 is 7.62. The van der Waals surface area contributed by atoms with Gasteiger partial charge in [-0.1, -0.05) is 44.2 Å². The van der Waals surface area contributed by atoms with Gasteiger partial charge in [-0.2, -0.15) is 0 Å². The summed E-state index contributed by atoms with van der Waals surface area (Å²) in [5.74, 6) is -0.135. The Morgan fingerprint density at radius 3 is 2.55 bits per heavy atom. The van der Waals surface area contributed by atoms with E-state index in [0.717, 1.165) is 18.7 Å². The molecule has 2 aromatic rings. The van der Waals surface area contributed by atoms with E-state index in [9.17, 15) is 4.79 Å². The summed E-state index contributed by atoms with van der Waals surface area (Å²) in [6, 6.07) is 9.64. The third kappa shape index (κ3) is 5.31. The van der Waals surface area contributed by atoms with E-state index in [4.69, 9.17) is 10.5 Å². The molecule has 1 fully saturated rings. The van der Waals surface area contributed by atoms with Gasteiger partial charge in [0.25, 0.3) is 0 Å². The van der Waals surface area contributed by atoms with E-state index in [1.165, 1.54) is 5.56 Å². The maximum atomic E-state index is 12.5. The number of rotatable bonds is 7. The fourth-order valence-electron chi connectivity index (χ4n) is 3.71. The minimum absolute atomic E-state index is 0. The molecule has 2 unspecified atom stereocenters. The van der Waals surface area contributed by atoms with Gasteiger partial charge in [-0.05, 0) is 18.9 Å². The number of hydrogen-bond donors (Lipinski definition) is 2. The smallest absolute Gasteiger partial charge is 0.237 e. The van der Waals surface area contributed by atoms with Gasteiger partial charge in [0.2, 0.25) is 5.91 Å². The minimum atomic E-state index is -0.615. The fraction of sp³-hybridized carbons (Fsp3) is 0.524. The number of halogens is 2. The van der Waals surface area contributed by atoms with Crippen LogP contribution >= 0.6 is 24.8 Å². The molecule has 1 heterocycles. The topological polar surface area (TPSA) is 82.2 Å². The number of amides is 1. The molecule has 0 saturated heterocycles. The highest BCUT2D eigenvalue weighted by atomic mass is 35.5. The van der Waals surface area contributed by atoms with E-state index < -0.39 is 6.04 Å². The number of imidazole rings is 1. The van der Waals surface area contributed by atoms with E-state index in [-0.39, 0.29) is 47.8 Å². The van der Waals surface area contributed by atoms with Gasteiger partial charge >= 0.3 is 0 Å². The SMILES string of the molecule is COC1(C)CC(NC(=O)[C@@H](N)Cc2cn(Cc3ccccc3)cn2)C1(C)C.Cl.Cl. The highest BCUT2D eigenvalue weighted by Gasteiger charge is 2.58. The summed E-state index contributed by atoms with van der Waals surface area (Å²) in [6.45, 7) is 7.06. The summed E-state index contributed by atoms with van der Waals surface area (Å²) >= 11 is 0. The molecule has 162 valence electrons. The Kier molecular flexibility index (Phi) is 8.72. The molecule has 1 aliphatic carbocycles. The summed E-state index contributed by atoms with van der Waals surface area (Å²) in [5.41, 5.74) is 7.81. The second-order valence-electron chi connectivity index (χ2n) is 8.26. The van der Waals surface area contributed by atoms with E-state index in [2.05, 4.69) is 43.2 Å². The number of ether oxygens (including phenoxy) is 1. The van der Waals surface area contributed by atoms with Crippen LogP contribution in [0.4, 0.5) is 0 Å². The minimum Gasteiger partial charge on any atom is -0.378 e. The number of aromatic nitrogens is 2. The molecule has 1 aromatic heterocycles. The van der Waals surface area contributed by atoms with Gasteiger partial charge in [-0.15, -0.1) is 24.8 Å². The van der Waals surface area contributed by atoms with Crippen LogP contribution in [0.3, 0.4) is 0 Å². The van der Waals surface area contributed by atoms with Crippen molar-refractivity contribution in [2.24, 2.45) is 11.1 Å². The van der Waals surface area contributed by atoms with Crippen molar-refractivity contribution in [2.75, 3.05) is 7.11 Å². The molecule has 6 nitrogen and oxygen atoms in total. The van der Waals surface area contributed by atoms with E-state index in [0.29, 0.717) is 6.42 Å². The molecule has 0 bridgehead atoms. The zero-order valence-corrected chi connectivity index (χ0v) is 19.1. The number of nitrogens with zero attached hydrogens (tertiary/aromatic N) is 2. The maximum Gasteiger partial charge on any atom is 0.237 e. The van der Waals surface area contributed by atoms with Crippen LogP contribution < -0.4 is 11.1 Å². The van der Waals surface area contributed by atoms with Gasteiger partial charge in [0, 0.05) is 37.7 Å². The summed E-state index contributed by atoms with van der Waals surface area (Å²) in [5, 5.41) is 3.08. The molecular formula is C21H32Cl2N4O2. The number of methoxy groups -OCH3 is 1. The lowest BCUT2D eigenvalue weighted by atomic mass is 9.56. The van der Waals surface area contributed by atoms with Crippen LogP contribution in [-0.2, 0) is 22.5 Å². The quantitative estimate of drug-likeness (QED) is 0.690. The molecule has 3 atom stereocenters. The van der Waals surface area contributed by atoms with Crippen LogP contribution in [0.5, 0.6) is 0 Å². The third-order valence-corrected chi connectivity index (χ3v) is 6.26. The number of carbonyl (C=O) groups is 1. The molecule has 0 radical (unpaired) electrons. The average molecular weight is 443 g/mol. The molecule has 0 spiro atoms. The second kappa shape index (κ2) is 9.94. The standard InChI is InChI=1S/C21H30N4O2.2ClH/c1-20(2)18(11-21(20,3)27-4)24-19(26)17(22)10-16-13-25(14-23-16)12-15-8-6-5-7-9-15;;/h5-9,13-14,17-18H,10-12,22H2,1-4H3,(H,24,26);2*1H/t17-,18?,21?;;/m0../s1. The first-order chi connectivity index (χ1) is 12.7. The molecule has 1 saturated carbocycles. The number of carbonyl (C=O) groups excluding carboxylic acids is 1. The van der Waals surface area contributed by atoms with Crippen molar-refractivity contribution >= 4 is 30.7 Å². The number of benzene rings is 1. The average Bonchev–Trinajstić information content (AvgIpc) is 3.08. The molecule has 1 amide bonds. The normalized spacial score (nSPS) is 23.1. The Bertz CT molecular complexity index is 797. The summed E-state index contributed by atoms with van der Waals surface area (Å²) in [4.78, 5) is 16.9. The van der Waals surface area contributed by atoms with Crippen LogP contribution in [0.25, 0.3) is 0 Å². The van der Waals surface area contributed by atoms with Gasteiger partial charge in [-0.25, -0.2) is 4.98 Å². The predicted molar refractivity (Wildman–Crippen MR) is 120 cm³/mol. The molecular weight excluding hydrogens is 411 g/mol. The van der Waals surface area contributed by atoms with E-state index in [1.807, 2.05) is 29.0 Å². The van der Waals surface area contributed by atoms with Crippen molar-refractivity contribution in [2.45, 2.75) is 57.8 Å². The Hall–Kier alpha value is -1.60. The molecule has 3 rings (SSSR count). The van der Waals surface area contributed by atoms with Gasteiger partial charge in [-0.3, -0.25) is 4.79 Å². The highest BCUT2D eigenvalue weighted by Crippen LogP contribution is 2.51. The predicted octanol–water partition coefficient (Wildman–Crippen LogP) is 2.96. The van der Waals surface area contributed by atoms with Crippen LogP contribution in [0.2, 0.25) is 0 Å². The maximum absolute atomic E-state index is 12.5. The van der Waals surface area contributed by atoms with Crippen molar-refractivity contribution in [3.05, 3.63) is 54.1 Å². The Morgan fingerprint density at radius 1 is 1.31 bits per heavy atom. The van der Waals surface area contributed by atoms with Crippen molar-refractivity contribution in [3.8, 4) is 0 Å². The molecule has 29 heavy (non-hydrogen) atoms. The van der Waals surface area contributed by atoms with Gasteiger partial charge in [0.15, 0.2) is 0 Å². The van der Waals surface area contributed by atoms with E-state index >= 15 is 0 Å². The lowest BCUT2D eigenvalue weighted by Gasteiger charge is -2.59. The summed E-state index contributed by atoms with van der Waals surface area (Å²) in [6.07, 6.45) is 4.95. The van der Waals surface area contributed by atoms with Gasteiger partial charge in [0.05, 0.1) is 23.7 Å². The van der Waals surface area contributed by atoms with Crippen LogP contribution in [-0.4, -0.2) is 40.3 Å². The van der Waals surface area contributed by atoms with Crippen molar-refractivity contribution in [1.29, 1.82) is 0 Å². The largest absolute Gasteiger partial charge is 0.378 e. The molecule has 0 aliphatic heterocycles. The van der Waals surface area contributed by atoms with Crippen LogP contribution in [0.1, 0.15) is 38.4 Å². The number of nitrogens with one attached hydrogen (secondary N) is 1. The Morgan fingerprint density at radius 2 is 1.97 bits per heavy atom. The third-order valence-electron chi connectivity index (χ3n) is 6.26.